The molecule has 10 heteroatoms. The smallest absolute Gasteiger partial charge is 0.182 e. The Hall–Kier alpha value is -3.37. The number of benzene rings is 1. The first-order valence-electron chi connectivity index (χ1n) is 11.6. The molecule has 6 rings (SSSR count). The minimum atomic E-state index is -0.690. The van der Waals surface area contributed by atoms with Gasteiger partial charge in [-0.1, -0.05) is 0 Å². The average molecular weight is 483 g/mol. The van der Waals surface area contributed by atoms with E-state index in [-0.39, 0.29) is 5.56 Å². The van der Waals surface area contributed by atoms with Crippen molar-refractivity contribution in [1.82, 2.24) is 29.7 Å². The summed E-state index contributed by atoms with van der Waals surface area (Å²) in [7, 11) is 0. The molecule has 0 spiro atoms. The Balaban J connectivity index is 0.000000156. The van der Waals surface area contributed by atoms with Crippen LogP contribution in [0.3, 0.4) is 0 Å². The number of rotatable bonds is 2. The Kier molecular flexibility index (Phi) is 8.38. The summed E-state index contributed by atoms with van der Waals surface area (Å²) in [5, 5.41) is 4.07. The molecule has 2 aliphatic rings. The van der Waals surface area contributed by atoms with Gasteiger partial charge in [-0.05, 0) is 51.3 Å². The molecule has 0 saturated carbocycles. The van der Waals surface area contributed by atoms with Gasteiger partial charge in [-0.2, -0.15) is 5.10 Å². The first-order valence-corrected chi connectivity index (χ1v) is 11.6. The maximum atomic E-state index is 13.9. The van der Waals surface area contributed by atoms with Gasteiger partial charge in [0.25, 0.3) is 0 Å². The molecule has 3 aromatic heterocycles. The van der Waals surface area contributed by atoms with Crippen molar-refractivity contribution in [3.8, 4) is 11.3 Å². The molecule has 0 N–H and O–H groups in total. The van der Waals surface area contributed by atoms with Crippen molar-refractivity contribution in [1.29, 1.82) is 0 Å². The van der Waals surface area contributed by atoms with Crippen molar-refractivity contribution in [2.75, 3.05) is 26.4 Å². The van der Waals surface area contributed by atoms with Crippen molar-refractivity contribution >= 4 is 11.2 Å². The van der Waals surface area contributed by atoms with Crippen LogP contribution in [-0.4, -0.2) is 56.1 Å². The monoisotopic (exact) mass is 482 g/mol. The Labute approximate surface area is 202 Å². The van der Waals surface area contributed by atoms with Crippen LogP contribution in [-0.2, 0) is 9.47 Å². The topological polar surface area (TPSA) is 87.8 Å². The molecule has 0 amide bonds. The number of aryl methyl sites for hydroxylation is 2. The fourth-order valence-electron chi connectivity index (χ4n) is 3.48. The summed E-state index contributed by atoms with van der Waals surface area (Å²) >= 11 is 0. The first-order chi connectivity index (χ1) is 17.0. The molecule has 2 fully saturated rings. The van der Waals surface area contributed by atoms with E-state index in [2.05, 4.69) is 25.0 Å². The van der Waals surface area contributed by atoms with Crippen LogP contribution in [0.1, 0.15) is 36.7 Å². The maximum absolute atomic E-state index is 13.9. The highest BCUT2D eigenvalue weighted by Crippen LogP contribution is 2.26. The average Bonchev–Trinajstić information content (AvgIpc) is 3.35. The number of ether oxygens (including phenoxy) is 2. The summed E-state index contributed by atoms with van der Waals surface area (Å²) in [5.41, 5.74) is 2.75. The van der Waals surface area contributed by atoms with Crippen LogP contribution in [0.2, 0.25) is 0 Å². The first kappa shape index (κ1) is 24.7. The van der Waals surface area contributed by atoms with E-state index in [9.17, 15) is 8.78 Å². The zero-order valence-electron chi connectivity index (χ0n) is 19.8. The zero-order valence-corrected chi connectivity index (χ0v) is 19.8. The van der Waals surface area contributed by atoms with Crippen molar-refractivity contribution in [3.63, 3.8) is 0 Å². The number of hydrogen-bond acceptors (Lipinski definition) is 7. The van der Waals surface area contributed by atoms with E-state index < -0.39 is 11.6 Å². The summed E-state index contributed by atoms with van der Waals surface area (Å²) in [6, 6.07) is 5.76. The molecule has 0 aliphatic carbocycles. The number of aromatic nitrogens is 6. The van der Waals surface area contributed by atoms with Gasteiger partial charge >= 0.3 is 0 Å². The van der Waals surface area contributed by atoms with Crippen molar-refractivity contribution in [3.05, 3.63) is 66.0 Å². The van der Waals surface area contributed by atoms with Crippen LogP contribution < -0.4 is 0 Å². The molecule has 0 atom stereocenters. The van der Waals surface area contributed by atoms with Gasteiger partial charge in [0, 0.05) is 37.2 Å². The van der Waals surface area contributed by atoms with Crippen LogP contribution in [0, 0.1) is 25.5 Å². The highest BCUT2D eigenvalue weighted by atomic mass is 19.1. The van der Waals surface area contributed by atoms with Crippen LogP contribution >= 0.6 is 0 Å². The SMILES string of the molecule is C1CCOCC1.Cc1nc2ncnc(-c3ccc(F)cc3F)c2nc1C.c1cnn(C2COC2)c1. The number of halogens is 2. The third kappa shape index (κ3) is 6.40. The van der Waals surface area contributed by atoms with Gasteiger partial charge in [-0.25, -0.2) is 28.7 Å². The van der Waals surface area contributed by atoms with E-state index in [0.717, 1.165) is 43.9 Å². The van der Waals surface area contributed by atoms with Crippen molar-refractivity contribution in [2.45, 2.75) is 39.2 Å². The molecule has 5 heterocycles. The lowest BCUT2D eigenvalue weighted by Gasteiger charge is -2.25. The predicted molar refractivity (Wildman–Crippen MR) is 127 cm³/mol. The summed E-state index contributed by atoms with van der Waals surface area (Å²) in [4.78, 5) is 16.8. The Bertz CT molecular complexity index is 1230. The van der Waals surface area contributed by atoms with E-state index in [4.69, 9.17) is 9.47 Å². The van der Waals surface area contributed by atoms with Gasteiger partial charge in [-0.3, -0.25) is 4.68 Å². The molecule has 2 saturated heterocycles. The summed E-state index contributed by atoms with van der Waals surface area (Å²) in [6.07, 6.45) is 8.98. The highest BCUT2D eigenvalue weighted by Gasteiger charge is 2.19. The Morgan fingerprint density at radius 3 is 2.29 bits per heavy atom. The van der Waals surface area contributed by atoms with E-state index in [1.165, 1.54) is 37.7 Å². The molecule has 1 aromatic carbocycles. The van der Waals surface area contributed by atoms with Gasteiger partial charge in [0.05, 0.1) is 30.6 Å². The second-order valence-corrected chi connectivity index (χ2v) is 8.26. The second-order valence-electron chi connectivity index (χ2n) is 8.26. The highest BCUT2D eigenvalue weighted by molar-refractivity contribution is 5.86. The van der Waals surface area contributed by atoms with Gasteiger partial charge < -0.3 is 9.47 Å². The Morgan fingerprint density at radius 2 is 1.71 bits per heavy atom. The van der Waals surface area contributed by atoms with Crippen LogP contribution in [0.15, 0.2) is 43.0 Å². The third-order valence-corrected chi connectivity index (χ3v) is 5.66. The molecule has 35 heavy (non-hydrogen) atoms. The molecule has 2 aliphatic heterocycles. The van der Waals surface area contributed by atoms with Crippen LogP contribution in [0.25, 0.3) is 22.4 Å². The standard InChI is InChI=1S/C14H10F2N4.C6H8N2O.C5H10O/c1-7-8(2)20-14-13(19-7)12(17-6-18-14)10-4-3-9(15)5-11(10)16;1-2-7-8(3-1)6-4-9-5-6;1-2-4-6-5-3-1/h3-6H,1-2H3;1-3,6H,4-5H2;1-5H2. The maximum Gasteiger partial charge on any atom is 0.182 e. The third-order valence-electron chi connectivity index (χ3n) is 5.66. The van der Waals surface area contributed by atoms with E-state index in [0.29, 0.717) is 22.9 Å². The summed E-state index contributed by atoms with van der Waals surface area (Å²) in [5.74, 6) is -1.33. The zero-order chi connectivity index (χ0) is 24.6. The van der Waals surface area contributed by atoms with E-state index >= 15 is 0 Å². The van der Waals surface area contributed by atoms with Crippen LogP contribution in [0.4, 0.5) is 8.78 Å². The summed E-state index contributed by atoms with van der Waals surface area (Å²) < 4.78 is 38.9. The predicted octanol–water partition coefficient (Wildman–Crippen LogP) is 4.62. The lowest BCUT2D eigenvalue weighted by molar-refractivity contribution is -0.0286. The lowest BCUT2D eigenvalue weighted by atomic mass is 10.1. The number of hydrogen-bond donors (Lipinski definition) is 0. The fourth-order valence-corrected chi connectivity index (χ4v) is 3.48. The van der Waals surface area contributed by atoms with Crippen molar-refractivity contribution < 1.29 is 18.3 Å². The van der Waals surface area contributed by atoms with Gasteiger partial charge in [0.15, 0.2) is 5.65 Å². The van der Waals surface area contributed by atoms with E-state index in [1.54, 1.807) is 13.1 Å². The molecule has 184 valence electrons. The Morgan fingerprint density at radius 1 is 0.943 bits per heavy atom. The minimum Gasteiger partial charge on any atom is -0.381 e. The van der Waals surface area contributed by atoms with Gasteiger partial charge in [-0.15, -0.1) is 0 Å². The van der Waals surface area contributed by atoms with Gasteiger partial charge in [0.1, 0.15) is 29.2 Å². The van der Waals surface area contributed by atoms with Gasteiger partial charge in [0.2, 0.25) is 0 Å². The van der Waals surface area contributed by atoms with Crippen molar-refractivity contribution in [2.24, 2.45) is 0 Å². The molecule has 0 unspecified atom stereocenters. The molecule has 8 nitrogen and oxygen atoms in total. The molecule has 0 radical (unpaired) electrons. The van der Waals surface area contributed by atoms with Crippen LogP contribution in [0.5, 0.6) is 0 Å². The minimum absolute atomic E-state index is 0.177. The molecular weight excluding hydrogens is 454 g/mol. The summed E-state index contributed by atoms with van der Waals surface area (Å²) in [6.45, 7) is 7.27. The molecule has 0 bridgehead atoms. The molecule has 4 aromatic rings. The largest absolute Gasteiger partial charge is 0.381 e. The number of nitrogens with zero attached hydrogens (tertiary/aromatic N) is 6. The second kappa shape index (κ2) is 11.9. The molecular formula is C25H28F2N6O2. The lowest BCUT2D eigenvalue weighted by Crippen LogP contribution is -2.30. The normalized spacial score (nSPS) is 15.4. The van der Waals surface area contributed by atoms with E-state index in [1.807, 2.05) is 23.9 Å². The fraction of sp³-hybridized carbons (Fsp3) is 0.400. The number of fused-ring (bicyclic) bond motifs is 1. The quantitative estimate of drug-likeness (QED) is 0.412.